The van der Waals surface area contributed by atoms with Crippen molar-refractivity contribution in [2.24, 2.45) is 5.73 Å². The summed E-state index contributed by atoms with van der Waals surface area (Å²) in [6, 6.07) is 9.92. The molecule has 1 heterocycles. The van der Waals surface area contributed by atoms with E-state index in [1.165, 1.54) is 17.0 Å². The number of nitrogens with two attached hydrogens (primary N) is 1. The average Bonchev–Trinajstić information content (AvgIpc) is 2.70. The van der Waals surface area contributed by atoms with Crippen LogP contribution in [0.5, 0.6) is 5.75 Å². The normalized spacial score (nSPS) is 16.3. The molecule has 8 nitrogen and oxygen atoms in total. The number of benzene rings is 2. The quantitative estimate of drug-likeness (QED) is 0.320. The zero-order chi connectivity index (χ0) is 23.4. The maximum absolute atomic E-state index is 12.7. The molecule has 0 saturated carbocycles. The Kier molecular flexibility index (Phi) is 7.41. The molecule has 0 aromatic heterocycles. The van der Waals surface area contributed by atoms with Gasteiger partial charge >= 0.3 is 6.61 Å². The number of nitrogen functional groups attached to an aromatic ring is 1. The van der Waals surface area contributed by atoms with Crippen LogP contribution in [0.15, 0.2) is 46.9 Å². The highest BCUT2D eigenvalue weighted by Crippen LogP contribution is 2.30. The fourth-order valence-corrected chi connectivity index (χ4v) is 3.74. The first-order valence-electron chi connectivity index (χ1n) is 9.60. The highest BCUT2D eigenvalue weighted by molar-refractivity contribution is 9.10. The number of rotatable bonds is 8. The minimum Gasteiger partial charge on any atom is -0.435 e. The SMILES string of the molecule is N=C(N)c1ccc(CNC(=O)C2CCN2C(=O)C(O)c2cc(Br)cc(OC(F)F)c2)cc1. The van der Waals surface area contributed by atoms with Gasteiger partial charge in [0, 0.05) is 23.1 Å². The van der Waals surface area contributed by atoms with Crippen molar-refractivity contribution in [2.45, 2.75) is 31.7 Å². The summed E-state index contributed by atoms with van der Waals surface area (Å²) in [4.78, 5) is 26.5. The van der Waals surface area contributed by atoms with Gasteiger partial charge in [-0.15, -0.1) is 0 Å². The molecule has 5 N–H and O–H groups in total. The van der Waals surface area contributed by atoms with Crippen molar-refractivity contribution in [1.82, 2.24) is 10.2 Å². The first-order valence-corrected chi connectivity index (χ1v) is 10.4. The van der Waals surface area contributed by atoms with E-state index < -0.39 is 24.7 Å². The second-order valence-electron chi connectivity index (χ2n) is 7.17. The number of amidine groups is 1. The summed E-state index contributed by atoms with van der Waals surface area (Å²) in [7, 11) is 0. The van der Waals surface area contributed by atoms with Crippen LogP contribution in [0, 0.1) is 5.41 Å². The number of hydrogen-bond donors (Lipinski definition) is 4. The lowest BCUT2D eigenvalue weighted by Crippen LogP contribution is -2.59. The third kappa shape index (κ3) is 5.60. The van der Waals surface area contributed by atoms with Gasteiger partial charge in [-0.25, -0.2) is 0 Å². The van der Waals surface area contributed by atoms with Gasteiger partial charge in [0.2, 0.25) is 5.91 Å². The molecule has 11 heteroatoms. The standard InChI is InChI=1S/C21H21BrF2N4O4/c22-14-7-13(8-15(9-14)32-21(23)24)17(29)20(31)28-6-5-16(28)19(30)27-10-11-1-3-12(4-2-11)18(25)26/h1-4,7-9,16-17,21,29H,5-6,10H2,(H3,25,26)(H,27,30). The Morgan fingerprint density at radius 1 is 1.28 bits per heavy atom. The van der Waals surface area contributed by atoms with E-state index in [-0.39, 0.29) is 36.1 Å². The molecule has 0 radical (unpaired) electrons. The molecule has 1 aliphatic rings. The number of hydrogen-bond acceptors (Lipinski definition) is 5. The van der Waals surface area contributed by atoms with Crippen molar-refractivity contribution < 1.29 is 28.2 Å². The largest absolute Gasteiger partial charge is 0.435 e. The van der Waals surface area contributed by atoms with E-state index in [0.29, 0.717) is 16.5 Å². The van der Waals surface area contributed by atoms with Crippen LogP contribution in [0.4, 0.5) is 8.78 Å². The number of nitrogens with one attached hydrogen (secondary N) is 2. The third-order valence-electron chi connectivity index (χ3n) is 5.01. The van der Waals surface area contributed by atoms with Gasteiger partial charge in [-0.1, -0.05) is 40.2 Å². The van der Waals surface area contributed by atoms with Crippen LogP contribution in [0.1, 0.15) is 29.2 Å². The summed E-state index contributed by atoms with van der Waals surface area (Å²) >= 11 is 3.13. The molecule has 0 spiro atoms. The highest BCUT2D eigenvalue weighted by Gasteiger charge is 2.40. The van der Waals surface area contributed by atoms with E-state index in [4.69, 9.17) is 11.1 Å². The number of alkyl halides is 2. The number of nitrogens with zero attached hydrogens (tertiary/aromatic N) is 1. The summed E-state index contributed by atoms with van der Waals surface area (Å²) < 4.78 is 29.7. The lowest BCUT2D eigenvalue weighted by molar-refractivity contribution is -0.154. The van der Waals surface area contributed by atoms with Crippen LogP contribution >= 0.6 is 15.9 Å². The van der Waals surface area contributed by atoms with Crippen molar-refractivity contribution in [3.05, 3.63) is 63.6 Å². The van der Waals surface area contributed by atoms with Crippen LogP contribution < -0.4 is 15.8 Å². The minimum absolute atomic E-state index is 0.0545. The number of ether oxygens (including phenoxy) is 1. The molecule has 0 aliphatic carbocycles. The fourth-order valence-electron chi connectivity index (χ4n) is 3.25. The lowest BCUT2D eigenvalue weighted by atomic mass is 9.98. The Morgan fingerprint density at radius 2 is 1.97 bits per heavy atom. The Bertz CT molecular complexity index is 1020. The minimum atomic E-state index is -3.05. The van der Waals surface area contributed by atoms with E-state index in [1.807, 2.05) is 0 Å². The van der Waals surface area contributed by atoms with Crippen molar-refractivity contribution in [1.29, 1.82) is 5.41 Å². The molecular weight excluding hydrogens is 490 g/mol. The molecule has 32 heavy (non-hydrogen) atoms. The van der Waals surface area contributed by atoms with Crippen LogP contribution in [-0.2, 0) is 16.1 Å². The second kappa shape index (κ2) is 10.0. The third-order valence-corrected chi connectivity index (χ3v) is 5.46. The summed E-state index contributed by atoms with van der Waals surface area (Å²) in [5, 5.41) is 20.6. The maximum atomic E-state index is 12.7. The number of carbonyl (C=O) groups is 2. The molecule has 1 fully saturated rings. The molecular formula is C21H21BrF2N4O4. The molecule has 1 aliphatic heterocycles. The monoisotopic (exact) mass is 510 g/mol. The highest BCUT2D eigenvalue weighted by atomic mass is 79.9. The molecule has 2 aromatic rings. The Morgan fingerprint density at radius 3 is 2.53 bits per heavy atom. The number of aliphatic hydroxyl groups excluding tert-OH is 1. The number of halogens is 3. The Hall–Kier alpha value is -3.05. The Labute approximate surface area is 191 Å². The van der Waals surface area contributed by atoms with Gasteiger partial charge in [-0.2, -0.15) is 8.78 Å². The fraction of sp³-hybridized carbons (Fsp3) is 0.286. The van der Waals surface area contributed by atoms with Gasteiger partial charge in [0.05, 0.1) is 0 Å². The van der Waals surface area contributed by atoms with Crippen molar-refractivity contribution in [3.8, 4) is 5.75 Å². The zero-order valence-electron chi connectivity index (χ0n) is 16.7. The van der Waals surface area contributed by atoms with Crippen molar-refractivity contribution >= 4 is 33.6 Å². The molecule has 1 saturated heterocycles. The first kappa shape index (κ1) is 23.6. The Balaban J connectivity index is 1.61. The molecule has 0 bridgehead atoms. The van der Waals surface area contributed by atoms with Crippen LogP contribution in [0.3, 0.4) is 0 Å². The van der Waals surface area contributed by atoms with Crippen molar-refractivity contribution in [2.75, 3.05) is 6.54 Å². The summed E-state index contributed by atoms with van der Waals surface area (Å²) in [5.41, 5.74) is 6.84. The summed E-state index contributed by atoms with van der Waals surface area (Å²) in [5.74, 6) is -1.34. The van der Waals surface area contributed by atoms with Gasteiger partial charge in [0.25, 0.3) is 5.91 Å². The smallest absolute Gasteiger partial charge is 0.387 e. The number of carbonyl (C=O) groups excluding carboxylic acids is 2. The molecule has 2 aromatic carbocycles. The van der Waals surface area contributed by atoms with E-state index in [9.17, 15) is 23.5 Å². The van der Waals surface area contributed by atoms with Gasteiger partial charge in [-0.3, -0.25) is 15.0 Å². The van der Waals surface area contributed by atoms with E-state index >= 15 is 0 Å². The number of amides is 2. The second-order valence-corrected chi connectivity index (χ2v) is 8.08. The van der Waals surface area contributed by atoms with Gasteiger partial charge in [0.15, 0.2) is 6.10 Å². The van der Waals surface area contributed by atoms with Crippen LogP contribution in [0.25, 0.3) is 0 Å². The summed E-state index contributed by atoms with van der Waals surface area (Å²) in [6.07, 6.45) is -1.20. The van der Waals surface area contributed by atoms with Gasteiger partial charge in [0.1, 0.15) is 17.6 Å². The molecule has 2 atom stereocenters. The van der Waals surface area contributed by atoms with Crippen LogP contribution in [0.2, 0.25) is 0 Å². The lowest BCUT2D eigenvalue weighted by Gasteiger charge is -2.40. The molecule has 2 amide bonds. The maximum Gasteiger partial charge on any atom is 0.387 e. The van der Waals surface area contributed by atoms with Gasteiger partial charge in [-0.05, 0) is 35.7 Å². The topological polar surface area (TPSA) is 129 Å². The van der Waals surface area contributed by atoms with Crippen LogP contribution in [-0.4, -0.2) is 46.9 Å². The predicted octanol–water partition coefficient (Wildman–Crippen LogP) is 2.29. The molecule has 2 unspecified atom stereocenters. The molecule has 170 valence electrons. The summed E-state index contributed by atoms with van der Waals surface area (Å²) in [6.45, 7) is -2.54. The van der Waals surface area contributed by atoms with E-state index in [0.717, 1.165) is 11.6 Å². The van der Waals surface area contributed by atoms with E-state index in [2.05, 4.69) is 26.0 Å². The first-order chi connectivity index (χ1) is 15.2. The zero-order valence-corrected chi connectivity index (χ0v) is 18.3. The average molecular weight is 511 g/mol. The number of aliphatic hydroxyl groups is 1. The molecule has 3 rings (SSSR count). The van der Waals surface area contributed by atoms with Crippen molar-refractivity contribution in [3.63, 3.8) is 0 Å². The number of likely N-dealkylation sites (tertiary alicyclic amines) is 1. The van der Waals surface area contributed by atoms with Gasteiger partial charge < -0.3 is 25.8 Å². The van der Waals surface area contributed by atoms with E-state index in [1.54, 1.807) is 24.3 Å². The predicted molar refractivity (Wildman–Crippen MR) is 115 cm³/mol.